The van der Waals surface area contributed by atoms with Crippen molar-refractivity contribution in [1.82, 2.24) is 4.90 Å². The minimum absolute atomic E-state index is 0.159. The fraction of sp³-hybridized carbons (Fsp3) is 0.450. The number of hydrogen-bond donors (Lipinski definition) is 1. The van der Waals surface area contributed by atoms with E-state index in [-0.39, 0.29) is 41.4 Å². The van der Waals surface area contributed by atoms with Gasteiger partial charge in [0.05, 0.1) is 16.9 Å². The van der Waals surface area contributed by atoms with E-state index >= 15 is 0 Å². The van der Waals surface area contributed by atoms with Gasteiger partial charge in [0.2, 0.25) is 17.7 Å². The highest BCUT2D eigenvalue weighted by atomic mass is 79.9. The number of nitrogens with one attached hydrogen (secondary N) is 1. The third kappa shape index (κ3) is 2.46. The van der Waals surface area contributed by atoms with Gasteiger partial charge in [-0.2, -0.15) is 0 Å². The van der Waals surface area contributed by atoms with E-state index in [4.69, 9.17) is 11.6 Å². The molecule has 7 heteroatoms. The molecule has 1 aromatic carbocycles. The van der Waals surface area contributed by atoms with Gasteiger partial charge >= 0.3 is 0 Å². The van der Waals surface area contributed by atoms with Crippen LogP contribution in [-0.2, 0) is 14.4 Å². The van der Waals surface area contributed by atoms with Gasteiger partial charge < -0.3 is 5.32 Å². The first kappa shape index (κ1) is 17.4. The van der Waals surface area contributed by atoms with Crippen LogP contribution in [0.25, 0.3) is 0 Å². The van der Waals surface area contributed by atoms with Gasteiger partial charge in [0.15, 0.2) is 0 Å². The maximum Gasteiger partial charge on any atom is 0.247 e. The first-order valence-electron chi connectivity index (χ1n) is 9.19. The van der Waals surface area contributed by atoms with E-state index in [0.29, 0.717) is 22.5 Å². The molecule has 5 aliphatic rings. The largest absolute Gasteiger partial charge is 0.324 e. The number of hydrogen-bond acceptors (Lipinski definition) is 3. The monoisotopic (exact) mass is 448 g/mol. The third-order valence-corrected chi connectivity index (χ3v) is 7.88. The molecule has 1 heterocycles. The summed E-state index contributed by atoms with van der Waals surface area (Å²) in [5.41, 5.74) is 0.527. The van der Waals surface area contributed by atoms with Crippen LogP contribution in [0.5, 0.6) is 0 Å². The summed E-state index contributed by atoms with van der Waals surface area (Å²) in [6.45, 7) is 1.61. The molecule has 27 heavy (non-hydrogen) atoms. The van der Waals surface area contributed by atoms with Crippen molar-refractivity contribution in [3.63, 3.8) is 0 Å². The SMILES string of the molecule is C[C@H](C(=O)Nc1ccc(Br)c(Cl)c1)N1C(=O)[C@@H]2[C@H]3C=C[C@@H]([C@@H]4C[C@@H]34)[C@H]2C1=O. The lowest BCUT2D eigenvalue weighted by molar-refractivity contribution is -0.146. The number of allylic oxidation sites excluding steroid dienone is 2. The van der Waals surface area contributed by atoms with Crippen LogP contribution < -0.4 is 5.32 Å². The van der Waals surface area contributed by atoms with E-state index < -0.39 is 6.04 Å². The average Bonchev–Trinajstić information content (AvgIpc) is 3.42. The lowest BCUT2D eigenvalue weighted by Gasteiger charge is -2.37. The standard InChI is InChI=1S/C20H18BrClN2O3/c1-8(18(25)23-9-2-5-14(21)15(22)6-9)24-19(26)16-10-3-4-11(13-7-12(10)13)17(16)20(24)27/h2-6,8,10-13,16-17H,7H2,1H3,(H,23,25)/t8-,10+,11+,12+,13+,16-,17-/m1/s1. The molecule has 1 aromatic rings. The number of imide groups is 1. The van der Waals surface area contributed by atoms with Crippen molar-refractivity contribution in [2.75, 3.05) is 5.32 Å². The Morgan fingerprint density at radius 3 is 2.33 bits per heavy atom. The summed E-state index contributed by atoms with van der Waals surface area (Å²) < 4.78 is 0.728. The molecule has 1 N–H and O–H groups in total. The van der Waals surface area contributed by atoms with Crippen molar-refractivity contribution in [2.24, 2.45) is 35.5 Å². The summed E-state index contributed by atoms with van der Waals surface area (Å²) in [5.74, 6) is 0.0804. The topological polar surface area (TPSA) is 66.5 Å². The number of carbonyl (C=O) groups is 3. The zero-order valence-electron chi connectivity index (χ0n) is 14.6. The Kier molecular flexibility index (Phi) is 3.82. The highest BCUT2D eigenvalue weighted by molar-refractivity contribution is 9.10. The second-order valence-electron chi connectivity index (χ2n) is 8.00. The van der Waals surface area contributed by atoms with Crippen LogP contribution in [0.2, 0.25) is 5.02 Å². The molecule has 1 aliphatic heterocycles. The fourth-order valence-electron chi connectivity index (χ4n) is 5.30. The van der Waals surface area contributed by atoms with Crippen LogP contribution in [0.1, 0.15) is 13.3 Å². The van der Waals surface area contributed by atoms with E-state index in [1.165, 1.54) is 4.90 Å². The molecular formula is C20H18BrClN2O3. The van der Waals surface area contributed by atoms with Gasteiger partial charge in [0.25, 0.3) is 0 Å². The summed E-state index contributed by atoms with van der Waals surface area (Å²) in [6.07, 6.45) is 5.38. The predicted molar refractivity (Wildman–Crippen MR) is 104 cm³/mol. The molecule has 5 nitrogen and oxygen atoms in total. The van der Waals surface area contributed by atoms with Crippen LogP contribution in [0.15, 0.2) is 34.8 Å². The molecule has 6 rings (SSSR count). The van der Waals surface area contributed by atoms with Crippen LogP contribution in [0.4, 0.5) is 5.69 Å². The summed E-state index contributed by atoms with van der Waals surface area (Å²) in [6, 6.07) is 4.22. The number of likely N-dealkylation sites (tertiary alicyclic amines) is 1. The number of halogens is 2. The highest BCUT2D eigenvalue weighted by Gasteiger charge is 2.67. The molecule has 0 spiro atoms. The van der Waals surface area contributed by atoms with E-state index in [2.05, 4.69) is 33.4 Å². The quantitative estimate of drug-likeness (QED) is 0.567. The van der Waals surface area contributed by atoms with Gasteiger partial charge in [0.1, 0.15) is 6.04 Å². The van der Waals surface area contributed by atoms with Gasteiger partial charge in [-0.05, 0) is 71.1 Å². The molecule has 0 aromatic heterocycles. The van der Waals surface area contributed by atoms with Crippen molar-refractivity contribution >= 4 is 50.9 Å². The number of carbonyl (C=O) groups excluding carboxylic acids is 3. The first-order valence-corrected chi connectivity index (χ1v) is 10.4. The van der Waals surface area contributed by atoms with Crippen molar-refractivity contribution < 1.29 is 14.4 Å². The normalized spacial score (nSPS) is 36.5. The molecule has 140 valence electrons. The Hall–Kier alpha value is -1.66. The number of benzene rings is 1. The lowest BCUT2D eigenvalue weighted by Crippen LogP contribution is -2.46. The Bertz CT molecular complexity index is 880. The molecular weight excluding hydrogens is 432 g/mol. The fourth-order valence-corrected chi connectivity index (χ4v) is 5.73. The smallest absolute Gasteiger partial charge is 0.247 e. The van der Waals surface area contributed by atoms with Gasteiger partial charge in [-0.15, -0.1) is 0 Å². The molecule has 3 fully saturated rings. The molecule has 4 aliphatic carbocycles. The Morgan fingerprint density at radius 1 is 1.19 bits per heavy atom. The van der Waals surface area contributed by atoms with Gasteiger partial charge in [-0.1, -0.05) is 23.8 Å². The van der Waals surface area contributed by atoms with Crippen LogP contribution in [0, 0.1) is 35.5 Å². The molecule has 0 unspecified atom stereocenters. The van der Waals surface area contributed by atoms with Crippen molar-refractivity contribution in [3.8, 4) is 0 Å². The zero-order valence-corrected chi connectivity index (χ0v) is 16.9. The molecule has 0 radical (unpaired) electrons. The van der Waals surface area contributed by atoms with Gasteiger partial charge in [0, 0.05) is 10.2 Å². The molecule has 1 saturated heterocycles. The Labute approximate surface area is 170 Å². The molecule has 3 amide bonds. The van der Waals surface area contributed by atoms with Crippen LogP contribution in [0.3, 0.4) is 0 Å². The van der Waals surface area contributed by atoms with Crippen molar-refractivity contribution in [1.29, 1.82) is 0 Å². The number of amides is 3. The average molecular weight is 450 g/mol. The maximum atomic E-state index is 13.1. The Balaban J connectivity index is 1.37. The molecule has 2 saturated carbocycles. The second kappa shape index (κ2) is 5.92. The zero-order chi connectivity index (χ0) is 19.0. The summed E-state index contributed by atoms with van der Waals surface area (Å²) in [4.78, 5) is 40.0. The van der Waals surface area contributed by atoms with Crippen LogP contribution >= 0.6 is 27.5 Å². The summed E-state index contributed by atoms with van der Waals surface area (Å²) in [7, 11) is 0. The van der Waals surface area contributed by atoms with Crippen molar-refractivity contribution in [3.05, 3.63) is 39.8 Å². The van der Waals surface area contributed by atoms with Crippen molar-refractivity contribution in [2.45, 2.75) is 19.4 Å². The first-order chi connectivity index (χ1) is 12.9. The number of rotatable bonds is 3. The predicted octanol–water partition coefficient (Wildman–Crippen LogP) is 3.48. The molecule has 7 atom stereocenters. The van der Waals surface area contributed by atoms with Gasteiger partial charge in [-0.25, -0.2) is 0 Å². The minimum atomic E-state index is -0.853. The Morgan fingerprint density at radius 2 is 1.78 bits per heavy atom. The van der Waals surface area contributed by atoms with E-state index in [1.54, 1.807) is 25.1 Å². The van der Waals surface area contributed by atoms with Crippen LogP contribution in [-0.4, -0.2) is 28.7 Å². The maximum absolute atomic E-state index is 13.1. The summed E-state index contributed by atoms with van der Waals surface area (Å²) in [5, 5.41) is 3.23. The number of nitrogens with zero attached hydrogens (tertiary/aromatic N) is 1. The molecule has 2 bridgehead atoms. The minimum Gasteiger partial charge on any atom is -0.324 e. The number of anilines is 1. The van der Waals surface area contributed by atoms with E-state index in [9.17, 15) is 14.4 Å². The summed E-state index contributed by atoms with van der Waals surface area (Å²) >= 11 is 9.37. The van der Waals surface area contributed by atoms with E-state index in [0.717, 1.165) is 10.9 Å². The van der Waals surface area contributed by atoms with E-state index in [1.807, 2.05) is 0 Å². The third-order valence-electron chi connectivity index (χ3n) is 6.65. The highest BCUT2D eigenvalue weighted by Crippen LogP contribution is 2.65. The second-order valence-corrected chi connectivity index (χ2v) is 9.26. The van der Waals surface area contributed by atoms with Gasteiger partial charge in [-0.3, -0.25) is 19.3 Å². The lowest BCUT2D eigenvalue weighted by atomic mass is 9.63.